The quantitative estimate of drug-likeness (QED) is 0.145. The van der Waals surface area contributed by atoms with Gasteiger partial charge < -0.3 is 4.90 Å². The van der Waals surface area contributed by atoms with Crippen LogP contribution in [0.15, 0.2) is 78.5 Å². The Balaban J connectivity index is 0.00000124. The van der Waals surface area contributed by atoms with E-state index in [1.165, 1.54) is 39.5 Å². The van der Waals surface area contributed by atoms with Gasteiger partial charge in [-0.25, -0.2) is 0 Å². The number of fused-ring (bicyclic) bond motifs is 2. The highest BCUT2D eigenvalue weighted by Crippen LogP contribution is 2.47. The van der Waals surface area contributed by atoms with E-state index in [1.54, 1.807) is 0 Å². The van der Waals surface area contributed by atoms with Gasteiger partial charge >= 0.3 is 10.6 Å². The largest absolute Gasteiger partial charge is 0.425 e. The molecule has 6 nitrogen and oxygen atoms in total. The van der Waals surface area contributed by atoms with Crippen molar-refractivity contribution < 1.29 is 22.0 Å². The van der Waals surface area contributed by atoms with E-state index >= 15 is 0 Å². The number of aryl methyl sites for hydroxylation is 1. The highest BCUT2D eigenvalue weighted by atomic mass is 32.2. The minimum absolute atomic E-state index is 0.0220. The molecule has 0 radical (unpaired) electrons. The van der Waals surface area contributed by atoms with Crippen molar-refractivity contribution in [2.24, 2.45) is 5.92 Å². The van der Waals surface area contributed by atoms with Crippen molar-refractivity contribution in [3.05, 3.63) is 95.2 Å². The zero-order valence-electron chi connectivity index (χ0n) is 27.7. The second-order valence-electron chi connectivity index (χ2n) is 13.0. The fourth-order valence-corrected chi connectivity index (χ4v) is 6.40. The lowest BCUT2D eigenvalue weighted by Gasteiger charge is -2.25. The molecule has 2 aliphatic heterocycles. The van der Waals surface area contributed by atoms with Crippen molar-refractivity contribution in [3.8, 4) is 0 Å². The van der Waals surface area contributed by atoms with Crippen molar-refractivity contribution in [1.82, 2.24) is 0 Å². The van der Waals surface area contributed by atoms with Crippen LogP contribution in [0.4, 0.5) is 11.4 Å². The Morgan fingerprint density at radius 1 is 0.909 bits per heavy atom. The summed E-state index contributed by atoms with van der Waals surface area (Å²) in [6.07, 6.45) is 15.0. The monoisotopic (exact) mass is 617 g/mol. The molecule has 44 heavy (non-hydrogen) atoms. The summed E-state index contributed by atoms with van der Waals surface area (Å²) < 4.78 is 27.8. The van der Waals surface area contributed by atoms with E-state index in [1.807, 2.05) is 13.8 Å². The van der Waals surface area contributed by atoms with Crippen LogP contribution in [0, 0.1) is 12.8 Å². The lowest BCUT2D eigenvalue weighted by atomic mass is 9.81. The standard InChI is InChI=1S/C37H49N2O.O3S/c1-9-38-32-24-23-28(4)26-30(32)37(7,8)34(38)21-13-10-14-22-35-36(5,6)29-18-15-16-19-31(29)39(35)25-17-11-12-20-33(40)27(2)3;1-4(2)3/h10,13-16,18-19,21-24,26-27H,9,11-12,17,20,25H2,1-8H3;/q+1;. The van der Waals surface area contributed by atoms with Gasteiger partial charge in [0, 0.05) is 59.8 Å². The summed E-state index contributed by atoms with van der Waals surface area (Å²) >= 11 is 0. The zero-order chi connectivity index (χ0) is 32.7. The molecular formula is C37H49N2O4S+. The lowest BCUT2D eigenvalue weighted by Crippen LogP contribution is -2.27. The summed E-state index contributed by atoms with van der Waals surface area (Å²) in [4.78, 5) is 14.5. The van der Waals surface area contributed by atoms with Crippen LogP contribution >= 0.6 is 0 Å². The molecule has 4 rings (SSSR count). The smallest absolute Gasteiger partial charge is 0.344 e. The number of hydrogen-bond acceptors (Lipinski definition) is 5. The summed E-state index contributed by atoms with van der Waals surface area (Å²) in [6, 6.07) is 15.6. The first-order valence-electron chi connectivity index (χ1n) is 15.7. The first-order chi connectivity index (χ1) is 20.7. The number of carbonyl (C=O) groups is 1. The molecule has 0 amide bonds. The van der Waals surface area contributed by atoms with Crippen LogP contribution in [0.5, 0.6) is 0 Å². The maximum atomic E-state index is 12.0. The van der Waals surface area contributed by atoms with Crippen LogP contribution in [-0.4, -0.2) is 41.8 Å². The molecule has 0 fully saturated rings. The first kappa shape index (κ1) is 34.9. The number of hydrogen-bond donors (Lipinski definition) is 0. The summed E-state index contributed by atoms with van der Waals surface area (Å²) in [7, 11) is -3.11. The van der Waals surface area contributed by atoms with Gasteiger partial charge in [0.2, 0.25) is 5.69 Å². The molecule has 0 spiro atoms. The van der Waals surface area contributed by atoms with E-state index in [0.29, 0.717) is 12.2 Å². The number of allylic oxidation sites excluding steroid dienone is 6. The topological polar surface area (TPSA) is 74.5 Å². The van der Waals surface area contributed by atoms with E-state index in [0.717, 1.165) is 32.4 Å². The molecule has 0 N–H and O–H groups in total. The second kappa shape index (κ2) is 14.9. The predicted molar refractivity (Wildman–Crippen MR) is 181 cm³/mol. The molecule has 2 aliphatic rings. The van der Waals surface area contributed by atoms with E-state index in [2.05, 4.69) is 124 Å². The van der Waals surface area contributed by atoms with Gasteiger partial charge in [0.05, 0.1) is 5.41 Å². The van der Waals surface area contributed by atoms with Gasteiger partial charge in [0.1, 0.15) is 12.3 Å². The van der Waals surface area contributed by atoms with Crippen molar-refractivity contribution in [2.45, 2.75) is 91.9 Å². The van der Waals surface area contributed by atoms with Crippen LogP contribution < -0.4 is 4.90 Å². The highest BCUT2D eigenvalue weighted by Gasteiger charge is 2.43. The third-order valence-electron chi connectivity index (χ3n) is 8.84. The number of likely N-dealkylation sites (N-methyl/N-ethyl adjacent to an activating group) is 1. The molecule has 0 aromatic heterocycles. The minimum Gasteiger partial charge on any atom is -0.344 e. The van der Waals surface area contributed by atoms with Gasteiger partial charge in [-0.1, -0.05) is 81.8 Å². The Morgan fingerprint density at radius 2 is 1.59 bits per heavy atom. The fourth-order valence-electron chi connectivity index (χ4n) is 6.40. The third kappa shape index (κ3) is 7.92. The number of nitrogens with zero attached hydrogens (tertiary/aromatic N) is 2. The van der Waals surface area contributed by atoms with Crippen molar-refractivity contribution in [2.75, 3.05) is 18.0 Å². The van der Waals surface area contributed by atoms with E-state index < -0.39 is 10.6 Å². The number of Topliss-reactive ketones (excluding diaryl/α,β-unsaturated/α-hetero) is 1. The molecule has 0 unspecified atom stereocenters. The Kier molecular flexibility index (Phi) is 11.8. The maximum absolute atomic E-state index is 12.0. The molecule has 2 heterocycles. The van der Waals surface area contributed by atoms with E-state index in [-0.39, 0.29) is 16.7 Å². The number of ketones is 1. The molecule has 0 saturated carbocycles. The van der Waals surface area contributed by atoms with Crippen LogP contribution in [0.25, 0.3) is 0 Å². The molecule has 2 aromatic rings. The third-order valence-corrected chi connectivity index (χ3v) is 8.84. The summed E-state index contributed by atoms with van der Waals surface area (Å²) in [6.45, 7) is 19.7. The normalized spacial score (nSPS) is 17.4. The zero-order valence-corrected chi connectivity index (χ0v) is 28.5. The average Bonchev–Trinajstić information content (AvgIpc) is 3.30. The summed E-state index contributed by atoms with van der Waals surface area (Å²) in [5.41, 5.74) is 9.36. The Hall–Kier alpha value is -3.58. The summed E-state index contributed by atoms with van der Waals surface area (Å²) in [5.74, 6) is 0.524. The lowest BCUT2D eigenvalue weighted by molar-refractivity contribution is -0.438. The number of anilines is 1. The van der Waals surface area contributed by atoms with E-state index in [9.17, 15) is 4.79 Å². The van der Waals surface area contributed by atoms with Crippen LogP contribution in [-0.2, 0) is 26.2 Å². The Morgan fingerprint density at radius 3 is 2.25 bits per heavy atom. The van der Waals surface area contributed by atoms with Crippen molar-refractivity contribution in [3.63, 3.8) is 0 Å². The van der Waals surface area contributed by atoms with Gasteiger partial charge in [-0.3, -0.25) is 4.79 Å². The van der Waals surface area contributed by atoms with Crippen LogP contribution in [0.2, 0.25) is 0 Å². The molecule has 0 saturated heterocycles. The second-order valence-corrected chi connectivity index (χ2v) is 13.4. The predicted octanol–water partition coefficient (Wildman–Crippen LogP) is 7.97. The van der Waals surface area contributed by atoms with Gasteiger partial charge in [0.25, 0.3) is 0 Å². The summed E-state index contributed by atoms with van der Waals surface area (Å²) in [5, 5.41) is 0. The molecule has 0 aliphatic carbocycles. The van der Waals surface area contributed by atoms with Gasteiger partial charge in [-0.2, -0.15) is 4.58 Å². The Labute approximate surface area is 266 Å². The molecule has 2 aromatic carbocycles. The number of benzene rings is 2. The first-order valence-corrected chi connectivity index (χ1v) is 16.7. The van der Waals surface area contributed by atoms with Crippen LogP contribution in [0.1, 0.15) is 90.8 Å². The van der Waals surface area contributed by atoms with Gasteiger partial charge in [-0.15, -0.1) is 12.6 Å². The van der Waals surface area contributed by atoms with Crippen LogP contribution in [0.3, 0.4) is 0 Å². The maximum Gasteiger partial charge on any atom is 0.425 e. The van der Waals surface area contributed by atoms with Crippen molar-refractivity contribution >= 4 is 33.5 Å². The SMILES string of the molecule is CCN1C(=CC=CC=CC2=[N+](CCCCCC(=O)C(C)C)c3ccccc3C2(C)C)C(C)(C)c2cc(C)ccc21.O=S(=O)=O. The minimum atomic E-state index is -3.11. The molecular weight excluding hydrogens is 568 g/mol. The number of unbranched alkanes of at least 4 members (excludes halogenated alkanes) is 2. The van der Waals surface area contributed by atoms with Gasteiger partial charge in [-0.05, 0) is 58.2 Å². The Bertz CT molecular complexity index is 1590. The molecule has 236 valence electrons. The van der Waals surface area contributed by atoms with E-state index in [4.69, 9.17) is 12.6 Å². The molecule has 0 atom stereocenters. The average molecular weight is 618 g/mol. The van der Waals surface area contributed by atoms with Gasteiger partial charge in [0.15, 0.2) is 5.71 Å². The number of carbonyl (C=O) groups excluding carboxylic acids is 1. The molecule has 0 bridgehead atoms. The van der Waals surface area contributed by atoms with Crippen molar-refractivity contribution in [1.29, 1.82) is 0 Å². The highest BCUT2D eigenvalue weighted by molar-refractivity contribution is 7.59. The number of para-hydroxylation sites is 1. The number of rotatable bonds is 11. The molecule has 7 heteroatoms. The fraction of sp³-hybridized carbons (Fsp3) is 0.459.